The number of rotatable bonds is 11. The number of imidazole rings is 1. The molecule has 1 heterocycles. The Balaban J connectivity index is 2.22. The van der Waals surface area contributed by atoms with Gasteiger partial charge in [-0.2, -0.15) is 0 Å². The van der Waals surface area contributed by atoms with Crippen molar-refractivity contribution in [2.24, 2.45) is 0 Å². The summed E-state index contributed by atoms with van der Waals surface area (Å²) < 4.78 is 26.5. The topological polar surface area (TPSA) is 64.0 Å². The molecule has 0 atom stereocenters. The van der Waals surface area contributed by atoms with Gasteiger partial charge in [0.25, 0.3) is 0 Å². The van der Waals surface area contributed by atoms with Gasteiger partial charge in [0.1, 0.15) is 5.82 Å². The molecular weight excluding hydrogens is 274 g/mol. The highest BCUT2D eigenvalue weighted by atomic mass is 32.2. The van der Waals surface area contributed by atoms with Gasteiger partial charge in [-0.15, -0.1) is 0 Å². The highest BCUT2D eigenvalue weighted by molar-refractivity contribution is 7.88. The predicted octanol–water partition coefficient (Wildman–Crippen LogP) is 2.34. The lowest BCUT2D eigenvalue weighted by Gasteiger charge is -2.08. The van der Waals surface area contributed by atoms with Crippen LogP contribution in [0.1, 0.15) is 51.3 Å². The molecule has 0 fully saturated rings. The van der Waals surface area contributed by atoms with Crippen LogP contribution in [0.25, 0.3) is 0 Å². The zero-order valence-corrected chi connectivity index (χ0v) is 13.5. The van der Waals surface area contributed by atoms with E-state index in [1.165, 1.54) is 31.9 Å². The Morgan fingerprint density at radius 1 is 1.20 bits per heavy atom. The summed E-state index contributed by atoms with van der Waals surface area (Å²) in [5.74, 6) is 1.15. The quantitative estimate of drug-likeness (QED) is 0.638. The van der Waals surface area contributed by atoms with Crippen molar-refractivity contribution in [3.8, 4) is 0 Å². The minimum absolute atomic E-state index is 0.513. The first kappa shape index (κ1) is 17.2. The van der Waals surface area contributed by atoms with Crippen LogP contribution < -0.4 is 4.72 Å². The fraction of sp³-hybridized carbons (Fsp3) is 0.786. The van der Waals surface area contributed by atoms with E-state index in [9.17, 15) is 8.42 Å². The van der Waals surface area contributed by atoms with E-state index in [1.807, 2.05) is 12.4 Å². The molecule has 0 aliphatic carbocycles. The summed E-state index contributed by atoms with van der Waals surface area (Å²) in [6, 6.07) is 0. The molecule has 0 unspecified atom stereocenters. The van der Waals surface area contributed by atoms with Crippen molar-refractivity contribution in [2.75, 3.05) is 12.8 Å². The minimum atomic E-state index is -3.05. The number of hydrogen-bond donors (Lipinski definition) is 1. The third kappa shape index (κ3) is 7.65. The summed E-state index contributed by atoms with van der Waals surface area (Å²) in [7, 11) is -3.05. The molecule has 0 radical (unpaired) electrons. The Labute approximate surface area is 122 Å². The summed E-state index contributed by atoms with van der Waals surface area (Å²) in [5, 5.41) is 0. The molecule has 0 aliphatic rings. The molecule has 0 saturated carbocycles. The van der Waals surface area contributed by atoms with Crippen molar-refractivity contribution in [1.29, 1.82) is 0 Å². The Morgan fingerprint density at radius 2 is 2.00 bits per heavy atom. The van der Waals surface area contributed by atoms with Crippen LogP contribution in [0.5, 0.6) is 0 Å². The first-order valence-corrected chi connectivity index (χ1v) is 9.36. The lowest BCUT2D eigenvalue weighted by Crippen LogP contribution is -2.23. The maximum Gasteiger partial charge on any atom is 0.208 e. The van der Waals surface area contributed by atoms with Gasteiger partial charge in [0.05, 0.1) is 6.26 Å². The Kier molecular flexibility index (Phi) is 7.84. The van der Waals surface area contributed by atoms with E-state index >= 15 is 0 Å². The van der Waals surface area contributed by atoms with Crippen LogP contribution in [-0.2, 0) is 23.0 Å². The molecule has 6 heteroatoms. The number of hydrogen-bond acceptors (Lipinski definition) is 3. The maximum absolute atomic E-state index is 10.9. The normalized spacial score (nSPS) is 11.9. The van der Waals surface area contributed by atoms with Gasteiger partial charge in [-0.1, -0.05) is 26.2 Å². The highest BCUT2D eigenvalue weighted by Crippen LogP contribution is 2.07. The highest BCUT2D eigenvalue weighted by Gasteiger charge is 2.03. The number of sulfonamides is 1. The van der Waals surface area contributed by atoms with Crippen LogP contribution in [0.3, 0.4) is 0 Å². The largest absolute Gasteiger partial charge is 0.335 e. The number of nitrogens with one attached hydrogen (secondary N) is 1. The van der Waals surface area contributed by atoms with Crippen molar-refractivity contribution in [2.45, 2.75) is 58.4 Å². The smallest absolute Gasteiger partial charge is 0.208 e. The standard InChI is InChI=1S/C14H27N3O2S/c1-3-4-5-6-9-14-15-11-13-17(14)12-8-7-10-16-20(2,18)19/h11,13,16H,3-10,12H2,1-2H3. The predicted molar refractivity (Wildman–Crippen MR) is 82.2 cm³/mol. The summed E-state index contributed by atoms with van der Waals surface area (Å²) in [6.07, 6.45) is 12.9. The number of nitrogens with zero attached hydrogens (tertiary/aromatic N) is 2. The Bertz CT molecular complexity index is 469. The third-order valence-corrected chi connectivity index (χ3v) is 3.97. The lowest BCUT2D eigenvalue weighted by molar-refractivity contribution is 0.555. The minimum Gasteiger partial charge on any atom is -0.335 e. The average molecular weight is 301 g/mol. The molecule has 1 rings (SSSR count). The summed E-state index contributed by atoms with van der Waals surface area (Å²) in [6.45, 7) is 3.64. The summed E-state index contributed by atoms with van der Waals surface area (Å²) in [5.41, 5.74) is 0. The van der Waals surface area contributed by atoms with Crippen LogP contribution in [0, 0.1) is 0 Å². The first-order chi connectivity index (χ1) is 9.53. The van der Waals surface area contributed by atoms with E-state index in [1.54, 1.807) is 0 Å². The monoisotopic (exact) mass is 301 g/mol. The van der Waals surface area contributed by atoms with E-state index in [4.69, 9.17) is 0 Å². The van der Waals surface area contributed by atoms with Crippen molar-refractivity contribution in [3.63, 3.8) is 0 Å². The van der Waals surface area contributed by atoms with Crippen molar-refractivity contribution in [3.05, 3.63) is 18.2 Å². The van der Waals surface area contributed by atoms with Gasteiger partial charge in [0.15, 0.2) is 0 Å². The number of aryl methyl sites for hydroxylation is 2. The van der Waals surface area contributed by atoms with Gasteiger partial charge >= 0.3 is 0 Å². The van der Waals surface area contributed by atoms with Gasteiger partial charge in [-0.05, 0) is 19.3 Å². The molecule has 116 valence electrons. The molecule has 1 aromatic rings. The molecule has 1 aromatic heterocycles. The molecule has 0 bridgehead atoms. The Morgan fingerprint density at radius 3 is 2.70 bits per heavy atom. The van der Waals surface area contributed by atoms with E-state index in [0.29, 0.717) is 6.54 Å². The molecular formula is C14H27N3O2S. The lowest BCUT2D eigenvalue weighted by atomic mass is 10.1. The van der Waals surface area contributed by atoms with E-state index in [-0.39, 0.29) is 0 Å². The van der Waals surface area contributed by atoms with E-state index < -0.39 is 10.0 Å². The molecule has 0 saturated heterocycles. The van der Waals surface area contributed by atoms with Crippen LogP contribution in [0.15, 0.2) is 12.4 Å². The molecule has 1 N–H and O–H groups in total. The molecule has 0 aliphatic heterocycles. The fourth-order valence-electron chi connectivity index (χ4n) is 2.15. The second-order valence-electron chi connectivity index (χ2n) is 5.22. The van der Waals surface area contributed by atoms with Crippen molar-refractivity contribution in [1.82, 2.24) is 14.3 Å². The van der Waals surface area contributed by atoms with Gasteiger partial charge in [0, 0.05) is 31.9 Å². The van der Waals surface area contributed by atoms with Gasteiger partial charge < -0.3 is 4.57 Å². The first-order valence-electron chi connectivity index (χ1n) is 7.47. The van der Waals surface area contributed by atoms with Crippen molar-refractivity contribution >= 4 is 10.0 Å². The fourth-order valence-corrected chi connectivity index (χ4v) is 2.66. The van der Waals surface area contributed by atoms with Gasteiger partial charge in [-0.3, -0.25) is 0 Å². The average Bonchev–Trinajstić information content (AvgIpc) is 2.80. The molecule has 0 aromatic carbocycles. The second kappa shape index (κ2) is 9.13. The van der Waals surface area contributed by atoms with E-state index in [0.717, 1.165) is 31.6 Å². The zero-order chi connectivity index (χ0) is 14.8. The van der Waals surface area contributed by atoms with Crippen LogP contribution in [-0.4, -0.2) is 30.8 Å². The molecule has 20 heavy (non-hydrogen) atoms. The number of unbranched alkanes of at least 4 members (excludes halogenated alkanes) is 4. The zero-order valence-electron chi connectivity index (χ0n) is 12.6. The van der Waals surface area contributed by atoms with Crippen LogP contribution in [0.4, 0.5) is 0 Å². The molecule has 5 nitrogen and oxygen atoms in total. The summed E-state index contributed by atoms with van der Waals surface area (Å²) >= 11 is 0. The number of aromatic nitrogens is 2. The second-order valence-corrected chi connectivity index (χ2v) is 7.05. The summed E-state index contributed by atoms with van der Waals surface area (Å²) in [4.78, 5) is 4.40. The van der Waals surface area contributed by atoms with Crippen LogP contribution >= 0.6 is 0 Å². The third-order valence-electron chi connectivity index (χ3n) is 3.25. The van der Waals surface area contributed by atoms with E-state index in [2.05, 4.69) is 21.2 Å². The van der Waals surface area contributed by atoms with Gasteiger partial charge in [0.2, 0.25) is 10.0 Å². The molecule has 0 spiro atoms. The molecule has 0 amide bonds. The van der Waals surface area contributed by atoms with Crippen molar-refractivity contribution < 1.29 is 8.42 Å². The van der Waals surface area contributed by atoms with Gasteiger partial charge in [-0.25, -0.2) is 18.1 Å². The maximum atomic E-state index is 10.9. The van der Waals surface area contributed by atoms with Crippen LogP contribution in [0.2, 0.25) is 0 Å². The Hall–Kier alpha value is -0.880. The SMILES string of the molecule is CCCCCCc1nccn1CCCCNS(C)(=O)=O.